The molecule has 0 bridgehead atoms. The van der Waals surface area contributed by atoms with Gasteiger partial charge in [-0.3, -0.25) is 0 Å². The van der Waals surface area contributed by atoms with Crippen LogP contribution in [-0.2, 0) is 13.0 Å². The van der Waals surface area contributed by atoms with Gasteiger partial charge in [-0.1, -0.05) is 34.6 Å². The van der Waals surface area contributed by atoms with Crippen LogP contribution in [0, 0.1) is 12.3 Å². The summed E-state index contributed by atoms with van der Waals surface area (Å²) in [6.45, 7) is 13.8. The van der Waals surface area contributed by atoms with Crippen LogP contribution in [0.5, 0.6) is 0 Å². The van der Waals surface area contributed by atoms with Crippen LogP contribution in [0.1, 0.15) is 51.8 Å². The third kappa shape index (κ3) is 5.78. The summed E-state index contributed by atoms with van der Waals surface area (Å²) in [6, 6.07) is 2.54. The molecule has 1 N–H and O–H groups in total. The Kier molecular flexibility index (Phi) is 4.63. The summed E-state index contributed by atoms with van der Waals surface area (Å²) in [6.07, 6.45) is 0.920. The molecule has 1 aromatic heterocycles. The van der Waals surface area contributed by atoms with Crippen molar-refractivity contribution in [2.75, 3.05) is 0 Å². The minimum atomic E-state index is 0.233. The van der Waals surface area contributed by atoms with E-state index >= 15 is 0 Å². The van der Waals surface area contributed by atoms with Crippen LogP contribution < -0.4 is 5.32 Å². The second-order valence-corrected chi connectivity index (χ2v) is 6.19. The van der Waals surface area contributed by atoms with Crippen molar-refractivity contribution >= 4 is 0 Å². The van der Waals surface area contributed by atoms with Crippen LogP contribution in [-0.4, -0.2) is 16.0 Å². The van der Waals surface area contributed by atoms with Crippen LogP contribution in [0.25, 0.3) is 0 Å². The first kappa shape index (κ1) is 14.1. The van der Waals surface area contributed by atoms with Crippen LogP contribution >= 0.6 is 0 Å². The fraction of sp³-hybridized carbons (Fsp3) is 0.714. The quantitative estimate of drug-likeness (QED) is 0.872. The van der Waals surface area contributed by atoms with Gasteiger partial charge in [-0.2, -0.15) is 0 Å². The molecule has 0 saturated carbocycles. The highest BCUT2D eigenvalue weighted by Crippen LogP contribution is 2.18. The molecule has 17 heavy (non-hydrogen) atoms. The number of aromatic nitrogens is 2. The molecule has 1 rings (SSSR count). The molecular formula is C14H25N3. The van der Waals surface area contributed by atoms with E-state index in [1.807, 2.05) is 6.92 Å². The van der Waals surface area contributed by atoms with Crippen molar-refractivity contribution in [2.24, 2.45) is 5.41 Å². The van der Waals surface area contributed by atoms with Gasteiger partial charge in [-0.15, -0.1) is 0 Å². The third-order valence-corrected chi connectivity index (χ3v) is 2.33. The Bertz CT molecular complexity index is 364. The summed E-state index contributed by atoms with van der Waals surface area (Å²) in [4.78, 5) is 9.12. The van der Waals surface area contributed by atoms with Crippen LogP contribution in [0.4, 0.5) is 0 Å². The molecule has 0 amide bonds. The van der Waals surface area contributed by atoms with Crippen LogP contribution in [0.15, 0.2) is 6.07 Å². The van der Waals surface area contributed by atoms with Crippen molar-refractivity contribution in [1.29, 1.82) is 0 Å². The Morgan fingerprint density at radius 3 is 2.41 bits per heavy atom. The van der Waals surface area contributed by atoms with Gasteiger partial charge in [-0.05, 0) is 18.4 Å². The molecule has 0 aromatic carbocycles. The molecule has 0 atom stereocenters. The van der Waals surface area contributed by atoms with E-state index in [-0.39, 0.29) is 5.41 Å². The fourth-order valence-electron chi connectivity index (χ4n) is 1.65. The lowest BCUT2D eigenvalue weighted by molar-refractivity contribution is 0.399. The zero-order valence-electron chi connectivity index (χ0n) is 12.0. The maximum atomic E-state index is 4.62. The number of hydrogen-bond acceptors (Lipinski definition) is 3. The van der Waals surface area contributed by atoms with Gasteiger partial charge in [0, 0.05) is 24.7 Å². The van der Waals surface area contributed by atoms with Gasteiger partial charge in [0.1, 0.15) is 5.82 Å². The zero-order valence-corrected chi connectivity index (χ0v) is 12.0. The van der Waals surface area contributed by atoms with Gasteiger partial charge in [0.15, 0.2) is 0 Å². The molecule has 96 valence electrons. The van der Waals surface area contributed by atoms with Gasteiger partial charge < -0.3 is 5.32 Å². The molecule has 0 spiro atoms. The predicted octanol–water partition coefficient (Wildman–Crippen LogP) is 2.87. The second kappa shape index (κ2) is 5.58. The Balaban J connectivity index is 2.79. The van der Waals surface area contributed by atoms with E-state index in [1.165, 1.54) is 0 Å². The van der Waals surface area contributed by atoms with E-state index in [9.17, 15) is 0 Å². The lowest BCUT2D eigenvalue weighted by Gasteiger charge is -2.17. The SMILES string of the molecule is Cc1cc(CNC(C)C)nc(CC(C)(C)C)n1. The standard InChI is InChI=1S/C14H25N3/c1-10(2)15-9-12-7-11(3)16-13(17-12)8-14(4,5)6/h7,10,15H,8-9H2,1-6H3. The second-order valence-electron chi connectivity index (χ2n) is 6.19. The number of hydrogen-bond donors (Lipinski definition) is 1. The van der Waals surface area contributed by atoms with Gasteiger partial charge in [0.2, 0.25) is 0 Å². The number of nitrogens with one attached hydrogen (secondary N) is 1. The van der Waals surface area contributed by atoms with Crippen molar-refractivity contribution in [3.8, 4) is 0 Å². The van der Waals surface area contributed by atoms with E-state index in [0.29, 0.717) is 6.04 Å². The molecule has 3 nitrogen and oxygen atoms in total. The van der Waals surface area contributed by atoms with Crippen molar-refractivity contribution in [3.63, 3.8) is 0 Å². The van der Waals surface area contributed by atoms with E-state index < -0.39 is 0 Å². The first-order chi connectivity index (χ1) is 7.76. The summed E-state index contributed by atoms with van der Waals surface area (Å²) in [5.74, 6) is 0.957. The molecule has 1 aromatic rings. The van der Waals surface area contributed by atoms with Crippen molar-refractivity contribution in [3.05, 3.63) is 23.3 Å². The van der Waals surface area contributed by atoms with E-state index in [4.69, 9.17) is 0 Å². The Morgan fingerprint density at radius 1 is 1.24 bits per heavy atom. The minimum absolute atomic E-state index is 0.233. The monoisotopic (exact) mass is 235 g/mol. The van der Waals surface area contributed by atoms with Crippen molar-refractivity contribution in [2.45, 2.75) is 60.5 Å². The normalized spacial score (nSPS) is 12.2. The highest BCUT2D eigenvalue weighted by molar-refractivity contribution is 5.10. The molecule has 0 unspecified atom stereocenters. The van der Waals surface area contributed by atoms with E-state index in [1.54, 1.807) is 0 Å². The lowest BCUT2D eigenvalue weighted by Crippen LogP contribution is -2.23. The lowest BCUT2D eigenvalue weighted by atomic mass is 9.92. The summed E-state index contributed by atoms with van der Waals surface area (Å²) in [7, 11) is 0. The Morgan fingerprint density at radius 2 is 1.88 bits per heavy atom. The highest BCUT2D eigenvalue weighted by Gasteiger charge is 2.14. The largest absolute Gasteiger partial charge is 0.309 e. The molecular weight excluding hydrogens is 210 g/mol. The van der Waals surface area contributed by atoms with Crippen LogP contribution in [0.3, 0.4) is 0 Å². The first-order valence-corrected chi connectivity index (χ1v) is 6.33. The number of nitrogens with zero attached hydrogens (tertiary/aromatic N) is 2. The maximum absolute atomic E-state index is 4.62. The molecule has 0 radical (unpaired) electrons. The number of aryl methyl sites for hydroxylation is 1. The summed E-state index contributed by atoms with van der Waals surface area (Å²) < 4.78 is 0. The van der Waals surface area contributed by atoms with Gasteiger partial charge in [0.05, 0.1) is 5.69 Å². The molecule has 3 heteroatoms. The van der Waals surface area contributed by atoms with Gasteiger partial charge in [0.25, 0.3) is 0 Å². The average Bonchev–Trinajstić information content (AvgIpc) is 2.10. The Hall–Kier alpha value is -0.960. The molecule has 0 aliphatic heterocycles. The first-order valence-electron chi connectivity index (χ1n) is 6.33. The van der Waals surface area contributed by atoms with E-state index in [0.717, 1.165) is 30.2 Å². The third-order valence-electron chi connectivity index (χ3n) is 2.33. The predicted molar refractivity (Wildman–Crippen MR) is 71.9 cm³/mol. The van der Waals surface area contributed by atoms with Crippen LogP contribution in [0.2, 0.25) is 0 Å². The average molecular weight is 235 g/mol. The highest BCUT2D eigenvalue weighted by atomic mass is 14.9. The summed E-state index contributed by atoms with van der Waals surface area (Å²) in [5.41, 5.74) is 2.38. The zero-order chi connectivity index (χ0) is 13.1. The smallest absolute Gasteiger partial charge is 0.129 e. The number of rotatable bonds is 4. The minimum Gasteiger partial charge on any atom is -0.309 e. The molecule has 0 fully saturated rings. The summed E-state index contributed by atoms with van der Waals surface area (Å²) >= 11 is 0. The Labute approximate surface area is 105 Å². The van der Waals surface area contributed by atoms with Crippen molar-refractivity contribution in [1.82, 2.24) is 15.3 Å². The topological polar surface area (TPSA) is 37.8 Å². The van der Waals surface area contributed by atoms with Gasteiger partial charge >= 0.3 is 0 Å². The van der Waals surface area contributed by atoms with Gasteiger partial charge in [-0.25, -0.2) is 9.97 Å². The summed E-state index contributed by atoms with van der Waals surface area (Å²) in [5, 5.41) is 3.39. The maximum Gasteiger partial charge on any atom is 0.129 e. The molecule has 0 saturated heterocycles. The fourth-order valence-corrected chi connectivity index (χ4v) is 1.65. The van der Waals surface area contributed by atoms with Crippen molar-refractivity contribution < 1.29 is 0 Å². The molecule has 0 aliphatic rings. The van der Waals surface area contributed by atoms with E-state index in [2.05, 4.69) is 56.0 Å². The molecule has 1 heterocycles. The molecule has 0 aliphatic carbocycles.